The summed E-state index contributed by atoms with van der Waals surface area (Å²) in [6, 6.07) is 14.2. The molecular formula is C16H18N2O. The molecule has 1 unspecified atom stereocenters. The molecule has 1 aliphatic heterocycles. The zero-order valence-corrected chi connectivity index (χ0v) is 11.1. The number of benzene rings is 2. The summed E-state index contributed by atoms with van der Waals surface area (Å²) in [4.78, 5) is 14.2. The Morgan fingerprint density at radius 3 is 2.79 bits per heavy atom. The molecule has 0 bridgehead atoms. The summed E-state index contributed by atoms with van der Waals surface area (Å²) in [5.41, 5.74) is 0.983. The molecule has 2 aromatic carbocycles. The molecule has 19 heavy (non-hydrogen) atoms. The monoisotopic (exact) mass is 254 g/mol. The Kier molecular flexibility index (Phi) is 3.22. The zero-order valence-electron chi connectivity index (χ0n) is 11.1. The number of hydrogen-bond acceptors (Lipinski definition) is 2. The first-order valence-corrected chi connectivity index (χ1v) is 6.76. The van der Waals surface area contributed by atoms with Gasteiger partial charge in [0.2, 0.25) is 5.91 Å². The number of carbonyl (C=O) groups excluding carboxylic acids is 1. The van der Waals surface area contributed by atoms with Gasteiger partial charge < -0.3 is 10.2 Å². The van der Waals surface area contributed by atoms with Gasteiger partial charge in [0.1, 0.15) is 0 Å². The lowest BCUT2D eigenvalue weighted by atomic mass is 10.1. The van der Waals surface area contributed by atoms with E-state index in [1.807, 2.05) is 31.3 Å². The average Bonchev–Trinajstić information content (AvgIpc) is 2.99. The van der Waals surface area contributed by atoms with Gasteiger partial charge in [0.25, 0.3) is 0 Å². The van der Waals surface area contributed by atoms with E-state index in [0.29, 0.717) is 0 Å². The van der Waals surface area contributed by atoms with Crippen molar-refractivity contribution < 1.29 is 4.79 Å². The Morgan fingerprint density at radius 2 is 2.00 bits per heavy atom. The fraction of sp³-hybridized carbons (Fsp3) is 0.312. The summed E-state index contributed by atoms with van der Waals surface area (Å²) < 4.78 is 0. The minimum Gasteiger partial charge on any atom is -0.314 e. The topological polar surface area (TPSA) is 32.3 Å². The van der Waals surface area contributed by atoms with Gasteiger partial charge in [-0.15, -0.1) is 0 Å². The number of nitrogens with zero attached hydrogens (tertiary/aromatic N) is 1. The van der Waals surface area contributed by atoms with Crippen LogP contribution in [-0.4, -0.2) is 25.5 Å². The smallest absolute Gasteiger partial charge is 0.243 e. The third-order valence-electron chi connectivity index (χ3n) is 3.82. The zero-order chi connectivity index (χ0) is 13.2. The van der Waals surface area contributed by atoms with E-state index in [1.165, 1.54) is 5.39 Å². The van der Waals surface area contributed by atoms with Crippen molar-refractivity contribution in [3.05, 3.63) is 42.5 Å². The van der Waals surface area contributed by atoms with Crippen LogP contribution < -0.4 is 10.2 Å². The number of likely N-dealkylation sites (N-methyl/N-ethyl adjacent to an activating group) is 1. The van der Waals surface area contributed by atoms with Gasteiger partial charge in [-0.2, -0.15) is 0 Å². The number of hydrogen-bond donors (Lipinski definition) is 1. The first-order valence-electron chi connectivity index (χ1n) is 6.76. The third kappa shape index (κ3) is 2.22. The quantitative estimate of drug-likeness (QED) is 0.893. The summed E-state index contributed by atoms with van der Waals surface area (Å²) in [6.07, 6.45) is 2.02. The maximum absolute atomic E-state index is 12.5. The van der Waals surface area contributed by atoms with E-state index in [4.69, 9.17) is 0 Å². The summed E-state index contributed by atoms with van der Waals surface area (Å²) in [6.45, 7) is 0.944. The molecule has 1 atom stereocenters. The number of fused-ring (bicyclic) bond motifs is 1. The molecule has 0 aromatic heterocycles. The largest absolute Gasteiger partial charge is 0.314 e. The van der Waals surface area contributed by atoms with Crippen LogP contribution in [0.4, 0.5) is 5.69 Å². The predicted octanol–water partition coefficient (Wildman–Crippen LogP) is 2.55. The molecule has 0 spiro atoms. The van der Waals surface area contributed by atoms with E-state index in [2.05, 4.69) is 23.5 Å². The van der Waals surface area contributed by atoms with E-state index in [1.54, 1.807) is 4.90 Å². The van der Waals surface area contributed by atoms with Crippen LogP contribution in [0.25, 0.3) is 10.8 Å². The lowest BCUT2D eigenvalue weighted by Crippen LogP contribution is -2.41. The standard InChI is InChI=1S/C16H18N2O/c1-18(16(19)14-9-5-11-17-14)15-10-4-7-12-6-2-3-8-13(12)15/h2-4,6-8,10,14,17H,5,9,11H2,1H3. The van der Waals surface area contributed by atoms with Gasteiger partial charge in [-0.05, 0) is 30.8 Å². The molecule has 0 radical (unpaired) electrons. The van der Waals surface area contributed by atoms with E-state index in [9.17, 15) is 4.79 Å². The van der Waals surface area contributed by atoms with Crippen molar-refractivity contribution >= 4 is 22.4 Å². The summed E-state index contributed by atoms with van der Waals surface area (Å²) in [5.74, 6) is 0.161. The maximum Gasteiger partial charge on any atom is 0.243 e. The molecular weight excluding hydrogens is 236 g/mol. The molecule has 1 heterocycles. The Labute approximate surface area is 113 Å². The highest BCUT2D eigenvalue weighted by molar-refractivity contribution is 6.05. The van der Waals surface area contributed by atoms with Gasteiger partial charge in [0.05, 0.1) is 11.7 Å². The predicted molar refractivity (Wildman–Crippen MR) is 78.4 cm³/mol. The van der Waals surface area contributed by atoms with Crippen LogP contribution in [0, 0.1) is 0 Å². The fourth-order valence-electron chi connectivity index (χ4n) is 2.75. The van der Waals surface area contributed by atoms with E-state index < -0.39 is 0 Å². The van der Waals surface area contributed by atoms with Crippen molar-refractivity contribution in [3.63, 3.8) is 0 Å². The Hall–Kier alpha value is -1.87. The highest BCUT2D eigenvalue weighted by Crippen LogP contribution is 2.26. The second-order valence-electron chi connectivity index (χ2n) is 5.04. The molecule has 1 aliphatic rings. The fourth-order valence-corrected chi connectivity index (χ4v) is 2.75. The average molecular weight is 254 g/mol. The van der Waals surface area contributed by atoms with Gasteiger partial charge in [0.15, 0.2) is 0 Å². The Balaban J connectivity index is 1.97. The van der Waals surface area contributed by atoms with Crippen molar-refractivity contribution in [3.8, 4) is 0 Å². The first kappa shape index (κ1) is 12.2. The van der Waals surface area contributed by atoms with Gasteiger partial charge >= 0.3 is 0 Å². The van der Waals surface area contributed by atoms with Gasteiger partial charge in [-0.3, -0.25) is 4.79 Å². The minimum atomic E-state index is -0.0241. The lowest BCUT2D eigenvalue weighted by molar-refractivity contribution is -0.119. The van der Waals surface area contributed by atoms with E-state index in [-0.39, 0.29) is 11.9 Å². The van der Waals surface area contributed by atoms with Crippen LogP contribution in [-0.2, 0) is 4.79 Å². The number of anilines is 1. The minimum absolute atomic E-state index is 0.0241. The maximum atomic E-state index is 12.5. The Morgan fingerprint density at radius 1 is 1.21 bits per heavy atom. The SMILES string of the molecule is CN(C(=O)C1CCCN1)c1cccc2ccccc12. The van der Waals surface area contributed by atoms with Crippen LogP contribution in [0.1, 0.15) is 12.8 Å². The molecule has 0 saturated carbocycles. The van der Waals surface area contributed by atoms with Crippen molar-refractivity contribution in [2.24, 2.45) is 0 Å². The Bertz CT molecular complexity index is 597. The van der Waals surface area contributed by atoms with Crippen LogP contribution in [0.2, 0.25) is 0 Å². The summed E-state index contributed by atoms with van der Waals surface area (Å²) in [5, 5.41) is 5.55. The highest BCUT2D eigenvalue weighted by Gasteiger charge is 2.26. The van der Waals surface area contributed by atoms with Crippen molar-refractivity contribution in [2.75, 3.05) is 18.5 Å². The number of carbonyl (C=O) groups is 1. The first-order chi connectivity index (χ1) is 9.27. The van der Waals surface area contributed by atoms with E-state index in [0.717, 1.165) is 30.5 Å². The van der Waals surface area contributed by atoms with Crippen LogP contribution in [0.3, 0.4) is 0 Å². The summed E-state index contributed by atoms with van der Waals surface area (Å²) >= 11 is 0. The normalized spacial score (nSPS) is 18.7. The van der Waals surface area contributed by atoms with Crippen LogP contribution in [0.15, 0.2) is 42.5 Å². The van der Waals surface area contributed by atoms with Crippen molar-refractivity contribution in [1.82, 2.24) is 5.32 Å². The molecule has 3 heteroatoms. The second-order valence-corrected chi connectivity index (χ2v) is 5.04. The lowest BCUT2D eigenvalue weighted by Gasteiger charge is -2.22. The van der Waals surface area contributed by atoms with Gasteiger partial charge in [0, 0.05) is 12.4 Å². The molecule has 1 amide bonds. The van der Waals surface area contributed by atoms with E-state index >= 15 is 0 Å². The highest BCUT2D eigenvalue weighted by atomic mass is 16.2. The van der Waals surface area contributed by atoms with Crippen molar-refractivity contribution in [2.45, 2.75) is 18.9 Å². The van der Waals surface area contributed by atoms with Crippen LogP contribution in [0.5, 0.6) is 0 Å². The third-order valence-corrected chi connectivity index (χ3v) is 3.82. The molecule has 1 fully saturated rings. The number of amides is 1. The second kappa shape index (κ2) is 5.02. The molecule has 3 rings (SSSR count). The molecule has 3 nitrogen and oxygen atoms in total. The molecule has 1 N–H and O–H groups in total. The number of rotatable bonds is 2. The van der Waals surface area contributed by atoms with Gasteiger partial charge in [-0.25, -0.2) is 0 Å². The summed E-state index contributed by atoms with van der Waals surface area (Å²) in [7, 11) is 1.87. The van der Waals surface area contributed by atoms with Crippen molar-refractivity contribution in [1.29, 1.82) is 0 Å². The molecule has 98 valence electrons. The molecule has 0 aliphatic carbocycles. The van der Waals surface area contributed by atoms with Crippen LogP contribution >= 0.6 is 0 Å². The number of nitrogens with one attached hydrogen (secondary N) is 1. The van der Waals surface area contributed by atoms with Gasteiger partial charge in [-0.1, -0.05) is 36.4 Å². The molecule has 1 saturated heterocycles. The molecule has 2 aromatic rings.